The molecule has 4 aliphatic rings. The zero-order chi connectivity index (χ0) is 35.9. The molecule has 4 atom stereocenters. The molecule has 5 aromatic rings. The highest BCUT2D eigenvalue weighted by molar-refractivity contribution is 6.00. The van der Waals surface area contributed by atoms with E-state index in [4.69, 9.17) is 14.8 Å². The summed E-state index contributed by atoms with van der Waals surface area (Å²) >= 11 is 0. The van der Waals surface area contributed by atoms with Gasteiger partial charge in [-0.25, -0.2) is 13.2 Å². The predicted molar refractivity (Wildman–Crippen MR) is 183 cm³/mol. The summed E-state index contributed by atoms with van der Waals surface area (Å²) in [6.45, 7) is 2.13. The third-order valence-electron chi connectivity index (χ3n) is 11.4. The topological polar surface area (TPSA) is 143 Å². The van der Waals surface area contributed by atoms with Gasteiger partial charge in [0.25, 0.3) is 0 Å². The van der Waals surface area contributed by atoms with Crippen LogP contribution in [0.3, 0.4) is 0 Å². The minimum Gasteiger partial charge on any atom is -0.508 e. The number of aromatic nitrogens is 5. The Labute approximate surface area is 296 Å². The fourth-order valence-electron chi connectivity index (χ4n) is 9.19. The summed E-state index contributed by atoms with van der Waals surface area (Å²) < 4.78 is 55.0. The van der Waals surface area contributed by atoms with Gasteiger partial charge in [0.2, 0.25) is 0 Å². The molecule has 0 amide bonds. The molecule has 0 saturated carbocycles. The van der Waals surface area contributed by atoms with Crippen LogP contribution in [0.1, 0.15) is 42.9 Å². The average Bonchev–Trinajstić information content (AvgIpc) is 3.87. The van der Waals surface area contributed by atoms with Gasteiger partial charge in [0.05, 0.1) is 35.2 Å². The summed E-state index contributed by atoms with van der Waals surface area (Å²) in [5.74, 6) is -2.92. The largest absolute Gasteiger partial charge is 0.508 e. The van der Waals surface area contributed by atoms with Crippen LogP contribution in [0.4, 0.5) is 19.0 Å². The van der Waals surface area contributed by atoms with E-state index in [1.54, 1.807) is 4.90 Å². The number of fused-ring (bicyclic) bond motifs is 7. The Morgan fingerprint density at radius 1 is 1.10 bits per heavy atom. The monoisotopic (exact) mass is 706 g/mol. The van der Waals surface area contributed by atoms with E-state index in [0.29, 0.717) is 24.9 Å². The number of nitriles is 2. The molecule has 2 aromatic carbocycles. The molecule has 12 nitrogen and oxygen atoms in total. The Hall–Kier alpha value is -5.67. The van der Waals surface area contributed by atoms with Crippen LogP contribution in [0, 0.1) is 40.2 Å². The SMILES string of the molecule is Cn1cc2c(n1)C1CC3(COc4nc(N5CCN(C#N)C(CC#N)C5)c5cnc(-c6cc(O)cc7ccc(F)c(F)c67)c(F)c5n4)CCCN3C1C2. The Balaban J connectivity index is 1.14. The highest BCUT2D eigenvalue weighted by Gasteiger charge is 2.58. The number of phenols is 1. The zero-order valence-electron chi connectivity index (χ0n) is 28.2. The van der Waals surface area contributed by atoms with Crippen molar-refractivity contribution in [1.82, 2.24) is 34.5 Å². The molecule has 0 radical (unpaired) electrons. The Bertz CT molecular complexity index is 2370. The van der Waals surface area contributed by atoms with Gasteiger partial charge in [-0.1, -0.05) is 6.07 Å². The highest BCUT2D eigenvalue weighted by Crippen LogP contribution is 2.53. The highest BCUT2D eigenvalue weighted by atomic mass is 19.2. The lowest BCUT2D eigenvalue weighted by molar-refractivity contribution is 0.0850. The first kappa shape index (κ1) is 32.3. The minimum atomic E-state index is -1.19. The van der Waals surface area contributed by atoms with Crippen molar-refractivity contribution in [2.45, 2.75) is 55.6 Å². The van der Waals surface area contributed by atoms with Gasteiger partial charge in [0.15, 0.2) is 23.6 Å². The van der Waals surface area contributed by atoms with Crippen LogP contribution in [0.5, 0.6) is 11.8 Å². The number of piperazine rings is 1. The van der Waals surface area contributed by atoms with Crippen LogP contribution in [0.2, 0.25) is 0 Å². The molecule has 1 N–H and O–H groups in total. The fraction of sp³-hybridized carbons (Fsp3) is 0.405. The quantitative estimate of drug-likeness (QED) is 0.241. The fourth-order valence-corrected chi connectivity index (χ4v) is 9.19. The standard InChI is InChI=1S/C37H33F3N10O2/c1-47-16-21-12-28-25(32(21)46-47)14-37(6-2-8-50(28)37)18-52-36-44-34-26(35(45-36)48-9-10-49(19-42)22(17-48)5-7-41)15-43-33(31(34)40)24-13-23(51)11-20-3-4-27(38)30(39)29(20)24/h3-4,11,13,15-16,22,25,28,51H,2,5-6,8-10,12,14,17-18H2,1H3. The number of nitrogens with zero attached hydrogens (tertiary/aromatic N) is 10. The first-order valence-corrected chi connectivity index (χ1v) is 17.4. The summed E-state index contributed by atoms with van der Waals surface area (Å²) in [5.41, 5.74) is 1.53. The van der Waals surface area contributed by atoms with Gasteiger partial charge in [0.1, 0.15) is 29.4 Å². The lowest BCUT2D eigenvalue weighted by atomic mass is 9.89. The molecule has 0 spiro atoms. The number of anilines is 1. The average molecular weight is 707 g/mol. The Morgan fingerprint density at radius 3 is 2.79 bits per heavy atom. The summed E-state index contributed by atoms with van der Waals surface area (Å²) in [6.07, 6.45) is 9.46. The minimum absolute atomic E-state index is 0.0621. The maximum atomic E-state index is 16.9. The van der Waals surface area contributed by atoms with Crippen LogP contribution in [0.25, 0.3) is 32.9 Å². The molecule has 0 bridgehead atoms. The predicted octanol–water partition coefficient (Wildman–Crippen LogP) is 4.91. The Morgan fingerprint density at radius 2 is 1.96 bits per heavy atom. The van der Waals surface area contributed by atoms with Crippen molar-refractivity contribution in [2.75, 3.05) is 37.7 Å². The van der Waals surface area contributed by atoms with Gasteiger partial charge in [-0.15, -0.1) is 0 Å². The number of halogens is 3. The number of pyridine rings is 1. The number of rotatable bonds is 6. The van der Waals surface area contributed by atoms with Gasteiger partial charge in [-0.05, 0) is 61.4 Å². The second kappa shape index (κ2) is 12.0. The summed E-state index contributed by atoms with van der Waals surface area (Å²) in [4.78, 5) is 19.7. The van der Waals surface area contributed by atoms with E-state index in [2.05, 4.69) is 33.3 Å². The van der Waals surface area contributed by atoms with Crippen molar-refractivity contribution >= 4 is 27.5 Å². The summed E-state index contributed by atoms with van der Waals surface area (Å²) in [7, 11) is 1.94. The van der Waals surface area contributed by atoms with Crippen molar-refractivity contribution in [3.05, 3.63) is 65.4 Å². The van der Waals surface area contributed by atoms with Gasteiger partial charge in [-0.2, -0.15) is 25.6 Å². The zero-order valence-corrected chi connectivity index (χ0v) is 28.2. The number of hydrogen-bond acceptors (Lipinski definition) is 11. The second-order valence-corrected chi connectivity index (χ2v) is 14.3. The van der Waals surface area contributed by atoms with Crippen LogP contribution in [-0.4, -0.2) is 90.0 Å². The van der Waals surface area contributed by atoms with Crippen molar-refractivity contribution in [3.63, 3.8) is 0 Å². The maximum Gasteiger partial charge on any atom is 0.319 e. The smallest absolute Gasteiger partial charge is 0.319 e. The molecule has 3 fully saturated rings. The van der Waals surface area contributed by atoms with Crippen molar-refractivity contribution in [2.24, 2.45) is 7.05 Å². The first-order chi connectivity index (χ1) is 25.2. The second-order valence-electron chi connectivity index (χ2n) is 14.3. The molecule has 6 heterocycles. The van der Waals surface area contributed by atoms with E-state index < -0.39 is 23.5 Å². The lowest BCUT2D eigenvalue weighted by Gasteiger charge is -2.38. The number of aromatic hydroxyl groups is 1. The van der Waals surface area contributed by atoms with Gasteiger partial charge in [0, 0.05) is 62.0 Å². The Kier molecular flexibility index (Phi) is 7.41. The van der Waals surface area contributed by atoms with Gasteiger partial charge >= 0.3 is 6.01 Å². The number of ether oxygens (including phenoxy) is 1. The molecule has 15 heteroatoms. The molecule has 3 saturated heterocycles. The molecule has 4 unspecified atom stereocenters. The van der Waals surface area contributed by atoms with Gasteiger partial charge < -0.3 is 19.6 Å². The third-order valence-corrected chi connectivity index (χ3v) is 11.4. The molecule has 264 valence electrons. The normalized spacial score (nSPS) is 23.8. The van der Waals surface area contributed by atoms with Gasteiger partial charge in [-0.3, -0.25) is 14.6 Å². The molecule has 3 aromatic heterocycles. The maximum absolute atomic E-state index is 16.9. The van der Waals surface area contributed by atoms with E-state index >= 15 is 8.78 Å². The molecule has 52 heavy (non-hydrogen) atoms. The molecule has 1 aliphatic carbocycles. The number of benzene rings is 2. The van der Waals surface area contributed by atoms with Crippen molar-refractivity contribution in [3.8, 4) is 35.3 Å². The van der Waals surface area contributed by atoms with Crippen LogP contribution in [0.15, 0.2) is 36.7 Å². The number of hydrogen-bond donors (Lipinski definition) is 1. The van der Waals surface area contributed by atoms with Crippen molar-refractivity contribution < 1.29 is 23.0 Å². The van der Waals surface area contributed by atoms with E-state index in [1.165, 1.54) is 23.9 Å². The van der Waals surface area contributed by atoms with E-state index in [1.807, 2.05) is 16.6 Å². The number of phenolic OH excluding ortho intramolecular Hbond substituents is 1. The van der Waals surface area contributed by atoms with Crippen LogP contribution >= 0.6 is 0 Å². The van der Waals surface area contributed by atoms with Crippen molar-refractivity contribution in [1.29, 1.82) is 10.5 Å². The van der Waals surface area contributed by atoms with Crippen LogP contribution in [-0.2, 0) is 13.5 Å². The van der Waals surface area contributed by atoms with E-state index in [-0.39, 0.29) is 75.7 Å². The lowest BCUT2D eigenvalue weighted by Crippen LogP contribution is -2.51. The molecule has 9 rings (SSSR count). The molecular weight excluding hydrogens is 673 g/mol. The summed E-state index contributed by atoms with van der Waals surface area (Å²) in [5, 5.41) is 34.6. The third kappa shape index (κ3) is 4.90. The first-order valence-electron chi connectivity index (χ1n) is 17.4. The molecular formula is C37H33F3N10O2. The van der Waals surface area contributed by atoms with Crippen LogP contribution < -0.4 is 9.64 Å². The summed E-state index contributed by atoms with van der Waals surface area (Å²) in [6, 6.07) is 6.65. The van der Waals surface area contributed by atoms with E-state index in [9.17, 15) is 20.0 Å². The molecule has 3 aliphatic heterocycles. The number of aryl methyl sites for hydroxylation is 1. The van der Waals surface area contributed by atoms with E-state index in [0.717, 1.165) is 50.1 Å².